The molecule has 0 spiro atoms. The third kappa shape index (κ3) is 5.73. The molecule has 32 heavy (non-hydrogen) atoms. The summed E-state index contributed by atoms with van der Waals surface area (Å²) in [5, 5.41) is 19.2. The van der Waals surface area contributed by atoms with Gasteiger partial charge in [-0.25, -0.2) is 9.37 Å². The number of rotatable bonds is 7. The van der Waals surface area contributed by atoms with Gasteiger partial charge in [0.25, 0.3) is 0 Å². The maximum Gasteiger partial charge on any atom is 0.305 e. The number of aliphatic carboxylic acids is 1. The van der Waals surface area contributed by atoms with Crippen molar-refractivity contribution in [2.45, 2.75) is 32.3 Å². The Balaban J connectivity index is 2.05. The largest absolute Gasteiger partial charge is 0.481 e. The van der Waals surface area contributed by atoms with Crippen molar-refractivity contribution in [2.75, 3.05) is 6.16 Å². The van der Waals surface area contributed by atoms with E-state index in [2.05, 4.69) is 12.0 Å². The number of aromatic nitrogens is 1. The van der Waals surface area contributed by atoms with E-state index in [1.165, 1.54) is 12.1 Å². The predicted octanol–water partition coefficient (Wildman–Crippen LogP) is 4.80. The summed E-state index contributed by atoms with van der Waals surface area (Å²) >= 11 is 0. The number of hydrogen-bond acceptors (Lipinski definition) is 5. The number of para-hydroxylation sites is 1. The number of nitrogens with zero attached hydrogens (tertiary/aromatic N) is 1. The van der Waals surface area contributed by atoms with Crippen molar-refractivity contribution in [3.63, 3.8) is 0 Å². The summed E-state index contributed by atoms with van der Waals surface area (Å²) < 4.78 is 30.7. The molecule has 2 aromatic carbocycles. The molecular weight excluding hydrogens is 432 g/mol. The number of fused-ring (bicyclic) bond motifs is 1. The fourth-order valence-corrected chi connectivity index (χ4v) is 4.20. The van der Waals surface area contributed by atoms with Gasteiger partial charge in [0.2, 0.25) is 8.03 Å². The Hall–Kier alpha value is -3.20. The number of pyridine rings is 1. The van der Waals surface area contributed by atoms with Gasteiger partial charge in [-0.1, -0.05) is 32.0 Å². The lowest BCUT2D eigenvalue weighted by molar-refractivity contribution is -0.138. The van der Waals surface area contributed by atoms with Gasteiger partial charge in [-0.2, -0.15) is 0 Å². The minimum Gasteiger partial charge on any atom is -0.481 e. The van der Waals surface area contributed by atoms with Crippen molar-refractivity contribution < 1.29 is 28.5 Å². The first-order valence-electron chi connectivity index (χ1n) is 10.1. The van der Waals surface area contributed by atoms with Gasteiger partial charge in [0.15, 0.2) is 0 Å². The smallest absolute Gasteiger partial charge is 0.305 e. The SMILES string of the molecule is CC(C)c1c(C#CO[PH](=O)C[C@@H](O)CC(=O)O)c(-c2ccc(F)cc2)nc2ccccc12. The molecule has 8 heteroatoms. The van der Waals surface area contributed by atoms with E-state index in [1.54, 1.807) is 12.1 Å². The molecule has 0 amide bonds. The molecule has 0 saturated carbocycles. The van der Waals surface area contributed by atoms with Gasteiger partial charge >= 0.3 is 5.97 Å². The maximum atomic E-state index is 13.5. The first-order chi connectivity index (χ1) is 15.3. The van der Waals surface area contributed by atoms with E-state index in [4.69, 9.17) is 14.6 Å². The molecular formula is C24H23FNO5P. The average Bonchev–Trinajstić information content (AvgIpc) is 2.72. The second-order valence-corrected chi connectivity index (χ2v) is 8.94. The number of hydrogen-bond donors (Lipinski definition) is 2. The van der Waals surface area contributed by atoms with Crippen molar-refractivity contribution in [1.82, 2.24) is 4.98 Å². The van der Waals surface area contributed by atoms with Gasteiger partial charge in [-0.05, 0) is 47.7 Å². The highest BCUT2D eigenvalue weighted by Gasteiger charge is 2.18. The Morgan fingerprint density at radius 2 is 1.88 bits per heavy atom. The van der Waals surface area contributed by atoms with Crippen molar-refractivity contribution >= 4 is 24.9 Å². The number of aliphatic hydroxyl groups is 1. The van der Waals surface area contributed by atoms with Crippen LogP contribution in [0.1, 0.15) is 37.3 Å². The van der Waals surface area contributed by atoms with Crippen LogP contribution in [0, 0.1) is 17.8 Å². The number of aliphatic hydroxyl groups excluding tert-OH is 1. The summed E-state index contributed by atoms with van der Waals surface area (Å²) in [7, 11) is -2.77. The second-order valence-electron chi connectivity index (χ2n) is 7.58. The lowest BCUT2D eigenvalue weighted by atomic mass is 9.90. The lowest BCUT2D eigenvalue weighted by Gasteiger charge is -2.16. The minimum absolute atomic E-state index is 0.0702. The lowest BCUT2D eigenvalue weighted by Crippen LogP contribution is -2.15. The molecule has 3 rings (SSSR count). The summed E-state index contributed by atoms with van der Waals surface area (Å²) in [6.45, 7) is 4.04. The van der Waals surface area contributed by atoms with Crippen molar-refractivity contribution in [2.24, 2.45) is 0 Å². The van der Waals surface area contributed by atoms with E-state index in [1.807, 2.05) is 38.1 Å². The summed E-state index contributed by atoms with van der Waals surface area (Å²) in [5.74, 6) is 1.43. The third-order valence-corrected chi connectivity index (χ3v) is 5.92. The van der Waals surface area contributed by atoms with Crippen molar-refractivity contribution in [1.29, 1.82) is 0 Å². The van der Waals surface area contributed by atoms with Gasteiger partial charge in [-0.15, -0.1) is 0 Å². The van der Waals surface area contributed by atoms with E-state index in [-0.39, 0.29) is 17.9 Å². The first kappa shape index (κ1) is 23.5. The van der Waals surface area contributed by atoms with E-state index < -0.39 is 26.5 Å². The molecule has 0 radical (unpaired) electrons. The molecule has 0 aliphatic rings. The van der Waals surface area contributed by atoms with Crippen LogP contribution in [0.2, 0.25) is 0 Å². The van der Waals surface area contributed by atoms with E-state index in [0.717, 1.165) is 16.5 Å². The monoisotopic (exact) mass is 455 g/mol. The van der Waals surface area contributed by atoms with Crippen LogP contribution in [0.5, 0.6) is 0 Å². The highest BCUT2D eigenvalue weighted by molar-refractivity contribution is 7.39. The topological polar surface area (TPSA) is 96.7 Å². The van der Waals surface area contributed by atoms with Gasteiger partial charge in [0.1, 0.15) is 11.9 Å². The van der Waals surface area contributed by atoms with Crippen LogP contribution in [0.3, 0.4) is 0 Å². The van der Waals surface area contributed by atoms with Gasteiger partial charge < -0.3 is 14.7 Å². The predicted molar refractivity (Wildman–Crippen MR) is 121 cm³/mol. The molecule has 1 heterocycles. The van der Waals surface area contributed by atoms with Crippen LogP contribution >= 0.6 is 8.03 Å². The summed E-state index contributed by atoms with van der Waals surface area (Å²) in [5.41, 5.74) is 3.50. The zero-order valence-corrected chi connectivity index (χ0v) is 18.6. The highest BCUT2D eigenvalue weighted by atomic mass is 31.1. The molecule has 0 aliphatic heterocycles. The summed E-state index contributed by atoms with van der Waals surface area (Å²) in [4.78, 5) is 15.4. The zero-order valence-electron chi connectivity index (χ0n) is 17.6. The molecule has 0 bridgehead atoms. The molecule has 6 nitrogen and oxygen atoms in total. The Kier molecular flexibility index (Phi) is 7.63. The van der Waals surface area contributed by atoms with E-state index in [0.29, 0.717) is 16.8 Å². The van der Waals surface area contributed by atoms with Crippen molar-refractivity contribution in [3.05, 3.63) is 65.5 Å². The fraction of sp³-hybridized carbons (Fsp3) is 0.250. The number of benzene rings is 2. The normalized spacial score (nSPS) is 12.8. The average molecular weight is 455 g/mol. The maximum absolute atomic E-state index is 13.5. The Morgan fingerprint density at radius 1 is 1.19 bits per heavy atom. The van der Waals surface area contributed by atoms with Gasteiger partial charge in [0, 0.05) is 10.9 Å². The third-order valence-electron chi connectivity index (χ3n) is 4.78. The van der Waals surface area contributed by atoms with Crippen LogP contribution in [0.4, 0.5) is 4.39 Å². The second kappa shape index (κ2) is 10.4. The molecule has 2 atom stereocenters. The Bertz CT molecular complexity index is 1210. The molecule has 1 aromatic heterocycles. The number of carbonyl (C=O) groups is 1. The van der Waals surface area contributed by atoms with E-state index >= 15 is 0 Å². The molecule has 2 N–H and O–H groups in total. The Morgan fingerprint density at radius 3 is 2.53 bits per heavy atom. The molecule has 166 valence electrons. The minimum atomic E-state index is -2.77. The van der Waals surface area contributed by atoms with Crippen LogP contribution < -0.4 is 0 Å². The van der Waals surface area contributed by atoms with Gasteiger partial charge in [-0.3, -0.25) is 9.36 Å². The van der Waals surface area contributed by atoms with Crippen LogP contribution in [-0.4, -0.2) is 33.4 Å². The first-order valence-corrected chi connectivity index (χ1v) is 11.6. The molecule has 0 fully saturated rings. The standard InChI is InChI=1S/C24H23FNO5P/c1-15(2)23-19-5-3-4-6-21(19)26-24(16-7-9-17(25)10-8-16)20(23)11-12-31-32(30)14-18(27)13-22(28)29/h3-10,15,18,27,32H,13-14H2,1-2H3,(H,28,29)/t18-/m0/s1. The highest BCUT2D eigenvalue weighted by Crippen LogP contribution is 2.34. The zero-order chi connectivity index (χ0) is 23.3. The summed E-state index contributed by atoms with van der Waals surface area (Å²) in [6, 6.07) is 13.6. The number of halogens is 1. The number of carboxylic acid groups (broad SMARTS) is 1. The fourth-order valence-electron chi connectivity index (χ4n) is 3.42. The molecule has 1 unspecified atom stereocenters. The number of carboxylic acids is 1. The van der Waals surface area contributed by atoms with Crippen LogP contribution in [0.25, 0.3) is 22.2 Å². The van der Waals surface area contributed by atoms with Crippen LogP contribution in [-0.2, 0) is 13.9 Å². The quantitative estimate of drug-likeness (QED) is 0.392. The van der Waals surface area contributed by atoms with Crippen molar-refractivity contribution in [3.8, 4) is 23.3 Å². The van der Waals surface area contributed by atoms with Gasteiger partial charge in [0.05, 0.1) is 35.5 Å². The summed E-state index contributed by atoms with van der Waals surface area (Å²) in [6.07, 6.45) is 0.356. The molecule has 0 saturated heterocycles. The Labute approximate surface area is 185 Å². The van der Waals surface area contributed by atoms with E-state index in [9.17, 15) is 18.9 Å². The molecule has 3 aromatic rings. The van der Waals surface area contributed by atoms with Crippen LogP contribution in [0.15, 0.2) is 48.5 Å². The molecule has 0 aliphatic carbocycles.